The minimum atomic E-state index is -0.436. The summed E-state index contributed by atoms with van der Waals surface area (Å²) in [6.45, 7) is 2.38. The minimum Gasteiger partial charge on any atom is -0.484 e. The van der Waals surface area contributed by atoms with E-state index in [2.05, 4.69) is 0 Å². The van der Waals surface area contributed by atoms with Gasteiger partial charge in [-0.25, -0.2) is 4.79 Å². The number of carbonyl (C=O) groups is 1. The summed E-state index contributed by atoms with van der Waals surface area (Å²) in [6, 6.07) is 11.3. The Morgan fingerprint density at radius 2 is 2.06 bits per heavy atom. The van der Waals surface area contributed by atoms with Crippen LogP contribution in [0.3, 0.4) is 0 Å². The van der Waals surface area contributed by atoms with E-state index in [1.807, 2.05) is 13.0 Å². The molecule has 0 unspecified atom stereocenters. The third-order valence-corrected chi connectivity index (χ3v) is 5.38. The number of nitro groups is 1. The molecule has 0 atom stereocenters. The number of hydrogen-bond acceptors (Lipinski definition) is 6. The van der Waals surface area contributed by atoms with Crippen LogP contribution in [-0.2, 0) is 17.6 Å². The second-order valence-corrected chi connectivity index (χ2v) is 7.51. The molecule has 0 fully saturated rings. The maximum Gasteiger partial charge on any atom is 0.336 e. The van der Waals surface area contributed by atoms with E-state index >= 15 is 0 Å². The van der Waals surface area contributed by atoms with Crippen molar-refractivity contribution in [2.45, 2.75) is 32.6 Å². The molecule has 0 radical (unpaired) electrons. The van der Waals surface area contributed by atoms with Crippen molar-refractivity contribution in [1.29, 1.82) is 0 Å². The van der Waals surface area contributed by atoms with Gasteiger partial charge in [-0.15, -0.1) is 0 Å². The Hall–Kier alpha value is -3.68. The Morgan fingerprint density at radius 1 is 1.23 bits per heavy atom. The Bertz CT molecular complexity index is 1220. The minimum absolute atomic E-state index is 0.0180. The first kappa shape index (κ1) is 20.6. The topological polar surface area (TPSA) is 103 Å². The van der Waals surface area contributed by atoms with E-state index < -0.39 is 10.5 Å². The number of carbonyl (C=O) groups excluding carboxylic acids is 1. The Balaban J connectivity index is 1.51. The first-order chi connectivity index (χ1) is 15.0. The van der Waals surface area contributed by atoms with Crippen molar-refractivity contribution in [2.75, 3.05) is 18.1 Å². The van der Waals surface area contributed by atoms with Gasteiger partial charge in [0.05, 0.1) is 4.92 Å². The number of anilines is 1. The molecule has 31 heavy (non-hydrogen) atoms. The molecule has 2 aromatic carbocycles. The summed E-state index contributed by atoms with van der Waals surface area (Å²) in [5.74, 6) is 0.190. The van der Waals surface area contributed by atoms with E-state index in [1.54, 1.807) is 23.1 Å². The molecule has 3 aromatic rings. The van der Waals surface area contributed by atoms with Crippen LogP contribution in [0, 0.1) is 10.1 Å². The van der Waals surface area contributed by atoms with Crippen LogP contribution in [0.4, 0.5) is 11.4 Å². The molecule has 0 aliphatic carbocycles. The van der Waals surface area contributed by atoms with Crippen LogP contribution in [0.1, 0.15) is 30.9 Å². The fourth-order valence-electron chi connectivity index (χ4n) is 3.96. The smallest absolute Gasteiger partial charge is 0.336 e. The molecule has 8 heteroatoms. The largest absolute Gasteiger partial charge is 0.484 e. The fourth-order valence-corrected chi connectivity index (χ4v) is 3.96. The van der Waals surface area contributed by atoms with Crippen molar-refractivity contribution in [3.05, 3.63) is 74.1 Å². The average Bonchev–Trinajstić information content (AvgIpc) is 2.76. The molecule has 4 rings (SSSR count). The standard InChI is InChI=1S/C23H22N2O6/c1-2-4-15-12-23(27)31-21-13-18(7-8-19(15)21)30-14-22(26)24-10-3-5-16-11-17(25(28)29)6-9-20(16)24/h6-9,11-13H,2-5,10,14H2,1H3. The summed E-state index contributed by atoms with van der Waals surface area (Å²) in [6.07, 6.45) is 3.09. The number of nitrogens with zero attached hydrogens (tertiary/aromatic N) is 2. The van der Waals surface area contributed by atoms with Crippen molar-refractivity contribution in [1.82, 2.24) is 0 Å². The number of non-ortho nitro benzene ring substituents is 1. The van der Waals surface area contributed by atoms with E-state index in [4.69, 9.17) is 9.15 Å². The summed E-state index contributed by atoms with van der Waals surface area (Å²) in [7, 11) is 0. The average molecular weight is 422 g/mol. The number of ether oxygens (including phenoxy) is 1. The molecule has 1 amide bonds. The zero-order valence-electron chi connectivity index (χ0n) is 17.1. The van der Waals surface area contributed by atoms with E-state index in [1.165, 1.54) is 18.2 Å². The molecule has 1 aliphatic heterocycles. The molecule has 0 bridgehead atoms. The van der Waals surface area contributed by atoms with Gasteiger partial charge in [0.25, 0.3) is 11.6 Å². The second kappa shape index (κ2) is 8.59. The molecular formula is C23H22N2O6. The van der Waals surface area contributed by atoms with Gasteiger partial charge in [0.2, 0.25) is 0 Å². The lowest BCUT2D eigenvalue weighted by molar-refractivity contribution is -0.384. The molecule has 2 heterocycles. The molecule has 0 saturated carbocycles. The van der Waals surface area contributed by atoms with Crippen LogP contribution in [-0.4, -0.2) is 24.0 Å². The predicted octanol–water partition coefficient (Wildman–Crippen LogP) is 4.01. The van der Waals surface area contributed by atoms with Crippen molar-refractivity contribution < 1.29 is 18.9 Å². The van der Waals surface area contributed by atoms with Crippen LogP contribution in [0.2, 0.25) is 0 Å². The lowest BCUT2D eigenvalue weighted by atomic mass is 10.0. The third kappa shape index (κ3) is 4.28. The molecule has 8 nitrogen and oxygen atoms in total. The second-order valence-electron chi connectivity index (χ2n) is 7.51. The van der Waals surface area contributed by atoms with Gasteiger partial charge in [-0.1, -0.05) is 13.3 Å². The molecule has 160 valence electrons. The highest BCUT2D eigenvalue weighted by atomic mass is 16.6. The number of amides is 1. The van der Waals surface area contributed by atoms with Gasteiger partial charge in [-0.3, -0.25) is 14.9 Å². The van der Waals surface area contributed by atoms with Crippen molar-refractivity contribution in [3.63, 3.8) is 0 Å². The van der Waals surface area contributed by atoms with Crippen LogP contribution >= 0.6 is 0 Å². The molecule has 0 N–H and O–H groups in total. The van der Waals surface area contributed by atoms with Crippen LogP contribution in [0.15, 0.2) is 51.7 Å². The number of fused-ring (bicyclic) bond motifs is 2. The molecule has 1 aliphatic rings. The summed E-state index contributed by atoms with van der Waals surface area (Å²) in [4.78, 5) is 36.8. The SMILES string of the molecule is CCCc1cc(=O)oc2cc(OCC(=O)N3CCCc4cc([N+](=O)[O-])ccc43)ccc12. The zero-order valence-corrected chi connectivity index (χ0v) is 17.1. The molecule has 1 aromatic heterocycles. The van der Waals surface area contributed by atoms with E-state index in [0.717, 1.165) is 35.8 Å². The number of benzene rings is 2. The van der Waals surface area contributed by atoms with Gasteiger partial charge in [0.15, 0.2) is 6.61 Å². The Kier molecular flexibility index (Phi) is 5.70. The highest BCUT2D eigenvalue weighted by Gasteiger charge is 2.24. The van der Waals surface area contributed by atoms with E-state index in [0.29, 0.717) is 30.0 Å². The van der Waals surface area contributed by atoms with Crippen LogP contribution in [0.5, 0.6) is 5.75 Å². The van der Waals surface area contributed by atoms with E-state index in [9.17, 15) is 19.7 Å². The van der Waals surface area contributed by atoms with Crippen molar-refractivity contribution in [3.8, 4) is 5.75 Å². The maximum absolute atomic E-state index is 12.8. The number of rotatable bonds is 6. The number of aryl methyl sites for hydroxylation is 2. The predicted molar refractivity (Wildman–Crippen MR) is 116 cm³/mol. The van der Waals surface area contributed by atoms with Crippen molar-refractivity contribution in [2.24, 2.45) is 0 Å². The third-order valence-electron chi connectivity index (χ3n) is 5.38. The monoisotopic (exact) mass is 422 g/mol. The van der Waals surface area contributed by atoms with Gasteiger partial charge >= 0.3 is 5.63 Å². The zero-order chi connectivity index (χ0) is 22.0. The maximum atomic E-state index is 12.8. The summed E-state index contributed by atoms with van der Waals surface area (Å²) >= 11 is 0. The lowest BCUT2D eigenvalue weighted by Crippen LogP contribution is -2.38. The summed E-state index contributed by atoms with van der Waals surface area (Å²) < 4.78 is 11.0. The lowest BCUT2D eigenvalue weighted by Gasteiger charge is -2.29. The van der Waals surface area contributed by atoms with Gasteiger partial charge in [-0.05, 0) is 48.6 Å². The van der Waals surface area contributed by atoms with Crippen molar-refractivity contribution >= 4 is 28.3 Å². The normalized spacial score (nSPS) is 13.1. The van der Waals surface area contributed by atoms with Crippen LogP contribution in [0.25, 0.3) is 11.0 Å². The van der Waals surface area contributed by atoms with Crippen LogP contribution < -0.4 is 15.3 Å². The summed E-state index contributed by atoms with van der Waals surface area (Å²) in [5, 5.41) is 11.9. The number of nitro benzene ring substituents is 1. The number of hydrogen-bond donors (Lipinski definition) is 0. The van der Waals surface area contributed by atoms with Gasteiger partial charge in [-0.2, -0.15) is 0 Å². The van der Waals surface area contributed by atoms with Gasteiger partial charge in [0.1, 0.15) is 11.3 Å². The Morgan fingerprint density at radius 3 is 2.84 bits per heavy atom. The highest BCUT2D eigenvalue weighted by molar-refractivity contribution is 5.96. The fraction of sp³-hybridized carbons (Fsp3) is 0.304. The van der Waals surface area contributed by atoms with E-state index in [-0.39, 0.29) is 18.2 Å². The molecule has 0 spiro atoms. The molecule has 0 saturated heterocycles. The van der Waals surface area contributed by atoms with Gasteiger partial charge in [0, 0.05) is 41.9 Å². The first-order valence-electron chi connectivity index (χ1n) is 10.2. The molecular weight excluding hydrogens is 400 g/mol. The highest BCUT2D eigenvalue weighted by Crippen LogP contribution is 2.31. The summed E-state index contributed by atoms with van der Waals surface area (Å²) in [5.41, 5.74) is 2.42. The van der Waals surface area contributed by atoms with Gasteiger partial charge < -0.3 is 14.1 Å². The Labute approximate surface area is 178 Å². The quantitative estimate of drug-likeness (QED) is 0.338. The first-order valence-corrected chi connectivity index (χ1v) is 10.2.